The molecule has 0 bridgehead atoms. The minimum Gasteiger partial charge on any atom is -0.493 e. The van der Waals surface area contributed by atoms with Gasteiger partial charge in [-0.1, -0.05) is 38.1 Å². The smallest absolute Gasteiger partial charge is 0.326 e. The van der Waals surface area contributed by atoms with Crippen molar-refractivity contribution in [3.8, 4) is 11.5 Å². The lowest BCUT2D eigenvalue weighted by molar-refractivity contribution is -0.143. The van der Waals surface area contributed by atoms with Crippen molar-refractivity contribution in [3.05, 3.63) is 53.6 Å². The molecule has 34 heavy (non-hydrogen) atoms. The first-order valence-corrected chi connectivity index (χ1v) is 12.4. The summed E-state index contributed by atoms with van der Waals surface area (Å²) in [6, 6.07) is 9.31. The van der Waals surface area contributed by atoms with Crippen molar-refractivity contribution in [3.63, 3.8) is 0 Å². The Morgan fingerprint density at radius 3 is 2.32 bits per heavy atom. The van der Waals surface area contributed by atoms with Crippen LogP contribution in [0.1, 0.15) is 31.4 Å². The summed E-state index contributed by atoms with van der Waals surface area (Å²) < 4.78 is 39.0. The largest absolute Gasteiger partial charge is 0.493 e. The predicted octanol–water partition coefficient (Wildman–Crippen LogP) is 2.43. The molecule has 1 aliphatic heterocycles. The molecule has 1 aliphatic rings. The van der Waals surface area contributed by atoms with E-state index in [9.17, 15) is 23.1 Å². The highest BCUT2D eigenvalue weighted by Crippen LogP contribution is 2.34. The van der Waals surface area contributed by atoms with Gasteiger partial charge in [0.1, 0.15) is 12.1 Å². The topological polar surface area (TPSA) is 122 Å². The van der Waals surface area contributed by atoms with E-state index in [0.717, 1.165) is 15.4 Å². The number of amides is 1. The van der Waals surface area contributed by atoms with Gasteiger partial charge in [-0.15, -0.1) is 0 Å². The monoisotopic (exact) mass is 490 g/mol. The maximum atomic E-state index is 13.7. The third-order valence-corrected chi connectivity index (χ3v) is 7.64. The number of nitrogens with zero attached hydrogens (tertiary/aromatic N) is 1. The number of rotatable bonds is 9. The van der Waals surface area contributed by atoms with E-state index in [1.165, 1.54) is 32.4 Å². The van der Waals surface area contributed by atoms with Gasteiger partial charge in [0.2, 0.25) is 15.9 Å². The Labute approximate surface area is 199 Å². The van der Waals surface area contributed by atoms with E-state index in [1.807, 2.05) is 38.1 Å². The predicted molar refractivity (Wildman–Crippen MR) is 125 cm³/mol. The van der Waals surface area contributed by atoms with Crippen LogP contribution in [0.2, 0.25) is 0 Å². The molecule has 2 atom stereocenters. The summed E-state index contributed by atoms with van der Waals surface area (Å²) in [6.45, 7) is 3.69. The van der Waals surface area contributed by atoms with Crippen molar-refractivity contribution in [1.29, 1.82) is 0 Å². The molecular weight excluding hydrogens is 460 g/mol. The highest BCUT2D eigenvalue weighted by Gasteiger charge is 2.41. The summed E-state index contributed by atoms with van der Waals surface area (Å²) >= 11 is 0. The second-order valence-electron chi connectivity index (χ2n) is 8.58. The molecule has 0 saturated carbocycles. The van der Waals surface area contributed by atoms with Crippen LogP contribution < -0.4 is 14.8 Å². The molecule has 2 aromatic carbocycles. The van der Waals surface area contributed by atoms with Crippen molar-refractivity contribution < 1.29 is 32.6 Å². The fourth-order valence-electron chi connectivity index (χ4n) is 4.05. The third-order valence-electron chi connectivity index (χ3n) is 5.79. The Bertz CT molecular complexity index is 1160. The highest BCUT2D eigenvalue weighted by molar-refractivity contribution is 7.89. The number of hydrogen-bond donors (Lipinski definition) is 2. The fraction of sp³-hybridized carbons (Fsp3) is 0.417. The van der Waals surface area contributed by atoms with Gasteiger partial charge < -0.3 is 19.9 Å². The fourth-order valence-corrected chi connectivity index (χ4v) is 5.63. The number of carbonyl (C=O) groups is 2. The number of fused-ring (bicyclic) bond motifs is 1. The first-order valence-electron chi connectivity index (χ1n) is 10.9. The zero-order chi connectivity index (χ0) is 25.0. The normalized spacial score (nSPS) is 17.0. The van der Waals surface area contributed by atoms with E-state index < -0.39 is 34.0 Å². The van der Waals surface area contributed by atoms with Crippen LogP contribution in [0.5, 0.6) is 11.5 Å². The minimum atomic E-state index is -4.15. The molecule has 2 N–H and O–H groups in total. The van der Waals surface area contributed by atoms with Crippen LogP contribution in [0, 0.1) is 5.92 Å². The summed E-state index contributed by atoms with van der Waals surface area (Å²) in [6.07, 6.45) is 0.357. The van der Waals surface area contributed by atoms with Crippen molar-refractivity contribution in [2.24, 2.45) is 5.92 Å². The maximum absolute atomic E-state index is 13.7. The van der Waals surface area contributed by atoms with E-state index in [2.05, 4.69) is 5.32 Å². The number of carboxylic acids is 1. The molecule has 0 aliphatic carbocycles. The van der Waals surface area contributed by atoms with Gasteiger partial charge in [0.15, 0.2) is 11.5 Å². The second-order valence-corrected chi connectivity index (χ2v) is 10.5. The lowest BCUT2D eigenvalue weighted by Crippen LogP contribution is -2.55. The second kappa shape index (κ2) is 10.4. The Morgan fingerprint density at radius 1 is 1.09 bits per heavy atom. The molecule has 0 saturated heterocycles. The number of aliphatic carboxylic acids is 1. The number of ether oxygens (including phenoxy) is 2. The first-order chi connectivity index (χ1) is 16.1. The van der Waals surface area contributed by atoms with Gasteiger partial charge >= 0.3 is 5.97 Å². The van der Waals surface area contributed by atoms with Gasteiger partial charge in [-0.25, -0.2) is 13.2 Å². The van der Waals surface area contributed by atoms with Crippen LogP contribution >= 0.6 is 0 Å². The SMILES string of the molecule is COc1ccc(S(=O)(=O)N2Cc3ccccc3C[C@H]2C(=O)NC(CC(C)C)C(=O)O)cc1OC. The average molecular weight is 491 g/mol. The number of hydrogen-bond acceptors (Lipinski definition) is 6. The van der Waals surface area contributed by atoms with E-state index in [-0.39, 0.29) is 35.9 Å². The Morgan fingerprint density at radius 2 is 1.74 bits per heavy atom. The van der Waals surface area contributed by atoms with Gasteiger partial charge in [0.05, 0.1) is 19.1 Å². The van der Waals surface area contributed by atoms with Crippen LogP contribution in [0.15, 0.2) is 47.4 Å². The molecule has 1 heterocycles. The molecule has 1 unspecified atom stereocenters. The minimum absolute atomic E-state index is 0.0210. The number of benzene rings is 2. The van der Waals surface area contributed by atoms with Gasteiger partial charge in [-0.3, -0.25) is 4.79 Å². The number of sulfonamides is 1. The molecule has 0 fully saturated rings. The Kier molecular flexibility index (Phi) is 7.83. The summed E-state index contributed by atoms with van der Waals surface area (Å²) in [7, 11) is -1.29. The van der Waals surface area contributed by atoms with E-state index >= 15 is 0 Å². The number of carboxylic acid groups (broad SMARTS) is 1. The van der Waals surface area contributed by atoms with Crippen LogP contribution in [0.3, 0.4) is 0 Å². The zero-order valence-electron chi connectivity index (χ0n) is 19.6. The molecule has 0 spiro atoms. The van der Waals surface area contributed by atoms with Crippen LogP contribution in [0.25, 0.3) is 0 Å². The first kappa shape index (κ1) is 25.5. The highest BCUT2D eigenvalue weighted by atomic mass is 32.2. The summed E-state index contributed by atoms with van der Waals surface area (Å²) in [5, 5.41) is 12.1. The van der Waals surface area contributed by atoms with E-state index in [0.29, 0.717) is 5.75 Å². The van der Waals surface area contributed by atoms with Crippen LogP contribution in [-0.2, 0) is 32.6 Å². The van der Waals surface area contributed by atoms with Gasteiger partial charge in [0, 0.05) is 12.6 Å². The van der Waals surface area contributed by atoms with Crippen molar-refractivity contribution in [2.45, 2.75) is 50.2 Å². The average Bonchev–Trinajstić information content (AvgIpc) is 2.81. The van der Waals surface area contributed by atoms with Gasteiger partial charge in [-0.2, -0.15) is 4.31 Å². The molecule has 2 aromatic rings. The van der Waals surface area contributed by atoms with Crippen LogP contribution in [0.4, 0.5) is 0 Å². The van der Waals surface area contributed by atoms with Crippen LogP contribution in [-0.4, -0.2) is 56.0 Å². The summed E-state index contributed by atoms with van der Waals surface area (Å²) in [5.74, 6) is -1.16. The molecule has 0 radical (unpaired) electrons. The van der Waals surface area contributed by atoms with E-state index in [1.54, 1.807) is 0 Å². The van der Waals surface area contributed by atoms with Gasteiger partial charge in [-0.05, 0) is 42.0 Å². The van der Waals surface area contributed by atoms with E-state index in [4.69, 9.17) is 9.47 Å². The lowest BCUT2D eigenvalue weighted by atomic mass is 9.95. The molecule has 9 nitrogen and oxygen atoms in total. The lowest BCUT2D eigenvalue weighted by Gasteiger charge is -2.35. The zero-order valence-corrected chi connectivity index (χ0v) is 20.5. The van der Waals surface area contributed by atoms with Crippen molar-refractivity contribution >= 4 is 21.9 Å². The maximum Gasteiger partial charge on any atom is 0.326 e. The summed E-state index contributed by atoms with van der Waals surface area (Å²) in [5.41, 5.74) is 1.63. The number of carbonyl (C=O) groups excluding carboxylic acids is 1. The molecule has 3 rings (SSSR count). The van der Waals surface area contributed by atoms with Crippen molar-refractivity contribution in [2.75, 3.05) is 14.2 Å². The van der Waals surface area contributed by atoms with Crippen molar-refractivity contribution in [1.82, 2.24) is 9.62 Å². The standard InChI is InChI=1S/C24H30N2O7S/c1-15(2)11-19(24(28)29)25-23(27)20-12-16-7-5-6-8-17(16)14-26(20)34(30,31)18-9-10-21(32-3)22(13-18)33-4/h5-10,13,15,19-20H,11-12,14H2,1-4H3,(H,25,27)(H,28,29)/t19?,20-/m0/s1. The Hall–Kier alpha value is -3.11. The molecule has 1 amide bonds. The molecular formula is C24H30N2O7S. The molecule has 0 aromatic heterocycles. The number of methoxy groups -OCH3 is 2. The molecule has 10 heteroatoms. The quantitative estimate of drug-likeness (QED) is 0.554. The summed E-state index contributed by atoms with van der Waals surface area (Å²) in [4.78, 5) is 24.9. The molecule has 184 valence electrons. The van der Waals surface area contributed by atoms with Gasteiger partial charge in [0.25, 0.3) is 0 Å². The third kappa shape index (κ3) is 5.34. The number of nitrogens with one attached hydrogen (secondary N) is 1. The Balaban J connectivity index is 2.01.